The third-order valence-electron chi connectivity index (χ3n) is 4.81. The molecule has 158 valence electrons. The predicted octanol–water partition coefficient (Wildman–Crippen LogP) is 2.16. The Morgan fingerprint density at radius 1 is 1.17 bits per heavy atom. The monoisotopic (exact) mass is 529 g/mol. The van der Waals surface area contributed by atoms with Crippen molar-refractivity contribution >= 4 is 45.6 Å². The molecule has 0 amide bonds. The Hall–Kier alpha value is -1.85. The fourth-order valence-electron chi connectivity index (χ4n) is 3.27. The van der Waals surface area contributed by atoms with E-state index < -0.39 is 10.0 Å². The van der Waals surface area contributed by atoms with E-state index in [1.54, 1.807) is 25.2 Å². The summed E-state index contributed by atoms with van der Waals surface area (Å²) in [6.07, 6.45) is 1.03. The number of hydrogen-bond donors (Lipinski definition) is 3. The molecule has 1 heterocycles. The van der Waals surface area contributed by atoms with E-state index in [0.29, 0.717) is 18.5 Å². The van der Waals surface area contributed by atoms with Crippen molar-refractivity contribution in [3.05, 3.63) is 60.2 Å². The molecule has 1 aliphatic rings. The fraction of sp³-hybridized carbons (Fsp3) is 0.350. The van der Waals surface area contributed by atoms with E-state index in [0.717, 1.165) is 25.1 Å². The number of guanidine groups is 1. The van der Waals surface area contributed by atoms with Gasteiger partial charge in [0.25, 0.3) is 0 Å². The van der Waals surface area contributed by atoms with Crippen molar-refractivity contribution in [1.29, 1.82) is 0 Å². The Morgan fingerprint density at radius 2 is 1.93 bits per heavy atom. The third kappa shape index (κ3) is 6.31. The van der Waals surface area contributed by atoms with Gasteiger partial charge in [-0.3, -0.25) is 4.99 Å². The molecule has 0 radical (unpaired) electrons. The summed E-state index contributed by atoms with van der Waals surface area (Å²) in [5.41, 5.74) is 2.11. The molecule has 1 unspecified atom stereocenters. The molecule has 0 spiro atoms. The maximum atomic E-state index is 12.0. The summed E-state index contributed by atoms with van der Waals surface area (Å²) in [5.74, 6) is 0.710. The summed E-state index contributed by atoms with van der Waals surface area (Å²) in [6.45, 7) is 2.41. The van der Waals surface area contributed by atoms with Crippen LogP contribution in [-0.4, -0.2) is 47.6 Å². The van der Waals surface area contributed by atoms with Crippen molar-refractivity contribution in [3.63, 3.8) is 0 Å². The standard InChI is InChI=1S/C20H27N5O2S.HI/c1-21-20(23-14-16-7-6-10-19(13-16)28(26,27)22-2)24-17-11-12-25(15-17)18-8-4-3-5-9-18;/h3-10,13,17,22H,11-12,14-15H2,1-2H3,(H2,21,23,24);1H. The van der Waals surface area contributed by atoms with Gasteiger partial charge in [-0.1, -0.05) is 30.3 Å². The number of hydrogen-bond acceptors (Lipinski definition) is 4. The van der Waals surface area contributed by atoms with Crippen LogP contribution in [0.15, 0.2) is 64.5 Å². The number of nitrogens with one attached hydrogen (secondary N) is 3. The first-order valence-electron chi connectivity index (χ1n) is 9.31. The quantitative estimate of drug-likeness (QED) is 0.304. The zero-order valence-electron chi connectivity index (χ0n) is 16.6. The highest BCUT2D eigenvalue weighted by molar-refractivity contribution is 14.0. The van der Waals surface area contributed by atoms with Gasteiger partial charge in [0, 0.05) is 38.4 Å². The van der Waals surface area contributed by atoms with Crippen molar-refractivity contribution in [2.75, 3.05) is 32.1 Å². The molecule has 1 saturated heterocycles. The summed E-state index contributed by atoms with van der Waals surface area (Å²) in [5, 5.41) is 6.73. The Bertz CT molecular complexity index is 921. The number of sulfonamides is 1. The summed E-state index contributed by atoms with van der Waals surface area (Å²) in [4.78, 5) is 6.91. The van der Waals surface area contributed by atoms with E-state index in [-0.39, 0.29) is 28.9 Å². The van der Waals surface area contributed by atoms with E-state index in [2.05, 4.69) is 49.5 Å². The number of benzene rings is 2. The van der Waals surface area contributed by atoms with Gasteiger partial charge in [0.15, 0.2) is 5.96 Å². The average Bonchev–Trinajstić information content (AvgIpc) is 3.20. The molecule has 0 aliphatic carbocycles. The smallest absolute Gasteiger partial charge is 0.240 e. The molecule has 3 rings (SSSR count). The summed E-state index contributed by atoms with van der Waals surface area (Å²) in [6, 6.07) is 17.6. The van der Waals surface area contributed by atoms with Gasteiger partial charge in [0.2, 0.25) is 10.0 Å². The molecule has 1 aliphatic heterocycles. The SMILES string of the molecule is CN=C(NCc1cccc(S(=O)(=O)NC)c1)NC1CCN(c2ccccc2)C1.I. The summed E-state index contributed by atoms with van der Waals surface area (Å²) >= 11 is 0. The minimum Gasteiger partial charge on any atom is -0.369 e. The van der Waals surface area contributed by atoms with E-state index >= 15 is 0 Å². The third-order valence-corrected chi connectivity index (χ3v) is 6.22. The highest BCUT2D eigenvalue weighted by Gasteiger charge is 2.23. The summed E-state index contributed by atoms with van der Waals surface area (Å²) < 4.78 is 26.2. The van der Waals surface area contributed by atoms with Crippen LogP contribution in [0.3, 0.4) is 0 Å². The Labute approximate surface area is 190 Å². The van der Waals surface area contributed by atoms with Gasteiger partial charge < -0.3 is 15.5 Å². The van der Waals surface area contributed by atoms with Crippen LogP contribution in [0.25, 0.3) is 0 Å². The number of nitrogens with zero attached hydrogens (tertiary/aromatic N) is 2. The second-order valence-corrected chi connectivity index (χ2v) is 8.58. The van der Waals surface area contributed by atoms with Crippen molar-refractivity contribution < 1.29 is 8.42 Å². The first kappa shape index (κ1) is 23.4. The topological polar surface area (TPSA) is 85.8 Å². The van der Waals surface area contributed by atoms with E-state index in [1.165, 1.54) is 12.7 Å². The van der Waals surface area contributed by atoms with Crippen molar-refractivity contribution in [2.45, 2.75) is 23.9 Å². The lowest BCUT2D eigenvalue weighted by molar-refractivity contribution is 0.588. The summed E-state index contributed by atoms with van der Waals surface area (Å²) in [7, 11) is -0.299. The number of para-hydroxylation sites is 1. The molecular weight excluding hydrogens is 501 g/mol. The molecule has 29 heavy (non-hydrogen) atoms. The van der Waals surface area contributed by atoms with Crippen molar-refractivity contribution in [1.82, 2.24) is 15.4 Å². The molecule has 2 aromatic carbocycles. The molecule has 0 saturated carbocycles. The number of rotatable bonds is 6. The highest BCUT2D eigenvalue weighted by Crippen LogP contribution is 2.19. The Balaban J connectivity index is 0.00000300. The second kappa shape index (κ2) is 10.8. The van der Waals surface area contributed by atoms with Crippen LogP contribution in [0.5, 0.6) is 0 Å². The maximum absolute atomic E-state index is 12.0. The van der Waals surface area contributed by atoms with Gasteiger partial charge in [-0.2, -0.15) is 0 Å². The minimum absolute atomic E-state index is 0. The number of halogens is 1. The zero-order chi connectivity index (χ0) is 20.0. The number of anilines is 1. The maximum Gasteiger partial charge on any atom is 0.240 e. The molecule has 0 bridgehead atoms. The van der Waals surface area contributed by atoms with Crippen LogP contribution in [-0.2, 0) is 16.6 Å². The van der Waals surface area contributed by atoms with E-state index in [1.807, 2.05) is 12.1 Å². The molecule has 3 N–H and O–H groups in total. The first-order chi connectivity index (χ1) is 13.5. The average molecular weight is 529 g/mol. The van der Waals surface area contributed by atoms with Gasteiger partial charge in [-0.25, -0.2) is 13.1 Å². The van der Waals surface area contributed by atoms with E-state index in [4.69, 9.17) is 0 Å². The van der Waals surface area contributed by atoms with Crippen LogP contribution in [0.1, 0.15) is 12.0 Å². The lowest BCUT2D eigenvalue weighted by Crippen LogP contribution is -2.44. The Kier molecular flexibility index (Phi) is 8.72. The lowest BCUT2D eigenvalue weighted by Gasteiger charge is -2.20. The fourth-order valence-corrected chi connectivity index (χ4v) is 4.07. The number of aliphatic imine (C=N–C) groups is 1. The molecule has 1 fully saturated rings. The molecule has 9 heteroatoms. The molecule has 7 nitrogen and oxygen atoms in total. The van der Waals surface area contributed by atoms with Gasteiger partial charge in [0.05, 0.1) is 4.90 Å². The van der Waals surface area contributed by atoms with Crippen LogP contribution >= 0.6 is 24.0 Å². The Morgan fingerprint density at radius 3 is 2.62 bits per heavy atom. The predicted molar refractivity (Wildman–Crippen MR) is 128 cm³/mol. The van der Waals surface area contributed by atoms with Crippen LogP contribution in [0.2, 0.25) is 0 Å². The highest BCUT2D eigenvalue weighted by atomic mass is 127. The first-order valence-corrected chi connectivity index (χ1v) is 10.8. The van der Waals surface area contributed by atoms with Crippen LogP contribution in [0.4, 0.5) is 5.69 Å². The van der Waals surface area contributed by atoms with Crippen molar-refractivity contribution in [3.8, 4) is 0 Å². The van der Waals surface area contributed by atoms with Crippen LogP contribution < -0.4 is 20.3 Å². The lowest BCUT2D eigenvalue weighted by atomic mass is 10.2. The van der Waals surface area contributed by atoms with Crippen molar-refractivity contribution in [2.24, 2.45) is 4.99 Å². The van der Waals surface area contributed by atoms with Gasteiger partial charge in [-0.05, 0) is 43.3 Å². The second-order valence-electron chi connectivity index (χ2n) is 6.69. The zero-order valence-corrected chi connectivity index (χ0v) is 19.8. The van der Waals surface area contributed by atoms with Crippen LogP contribution in [0, 0.1) is 0 Å². The molecule has 1 atom stereocenters. The normalized spacial score (nSPS) is 17.0. The molecular formula is C20H28IN5O2S. The van der Waals surface area contributed by atoms with Gasteiger partial charge in [0.1, 0.15) is 0 Å². The van der Waals surface area contributed by atoms with E-state index in [9.17, 15) is 8.42 Å². The largest absolute Gasteiger partial charge is 0.369 e. The minimum atomic E-state index is -3.45. The van der Waals surface area contributed by atoms with Gasteiger partial charge in [-0.15, -0.1) is 24.0 Å². The molecule has 2 aromatic rings. The molecule has 0 aromatic heterocycles. The van der Waals surface area contributed by atoms with Gasteiger partial charge >= 0.3 is 0 Å².